The number of ether oxygens (including phenoxy) is 1. The molecule has 0 saturated heterocycles. The third-order valence-electron chi connectivity index (χ3n) is 3.95. The first-order chi connectivity index (χ1) is 13.4. The molecule has 0 aliphatic heterocycles. The molecule has 2 N–H and O–H groups in total. The summed E-state index contributed by atoms with van der Waals surface area (Å²) in [5.74, 6) is -1.32. The van der Waals surface area contributed by atoms with E-state index in [-0.39, 0.29) is 17.5 Å². The molecule has 2 aromatic rings. The van der Waals surface area contributed by atoms with Crippen molar-refractivity contribution in [2.45, 2.75) is 45.0 Å². The zero-order valence-electron chi connectivity index (χ0n) is 16.2. The Kier molecular flexibility index (Phi) is 6.56. The minimum atomic E-state index is -4.56. The lowest BCUT2D eigenvalue weighted by Gasteiger charge is -2.23. The van der Waals surface area contributed by atoms with Gasteiger partial charge in [-0.2, -0.15) is 13.2 Å². The summed E-state index contributed by atoms with van der Waals surface area (Å²) >= 11 is 0. The number of carboxylic acid groups (broad SMARTS) is 1. The maximum Gasteiger partial charge on any atom is 0.417 e. The lowest BCUT2D eigenvalue weighted by molar-refractivity contribution is -0.139. The van der Waals surface area contributed by atoms with Crippen LogP contribution in [0.3, 0.4) is 0 Å². The third-order valence-corrected chi connectivity index (χ3v) is 3.95. The first kappa shape index (κ1) is 22.3. The predicted molar refractivity (Wildman–Crippen MR) is 101 cm³/mol. The lowest BCUT2D eigenvalue weighted by Crippen LogP contribution is -2.44. The average molecular weight is 409 g/mol. The van der Waals surface area contributed by atoms with Crippen LogP contribution in [0.25, 0.3) is 11.1 Å². The van der Waals surface area contributed by atoms with Gasteiger partial charge in [0.2, 0.25) is 0 Å². The summed E-state index contributed by atoms with van der Waals surface area (Å²) in [6, 6.07) is 9.91. The smallest absolute Gasteiger partial charge is 0.417 e. The van der Waals surface area contributed by atoms with Crippen molar-refractivity contribution in [2.75, 3.05) is 0 Å². The molecular weight excluding hydrogens is 387 g/mol. The van der Waals surface area contributed by atoms with Gasteiger partial charge in [-0.05, 0) is 43.5 Å². The molecule has 2 aromatic carbocycles. The molecule has 0 radical (unpaired) electrons. The van der Waals surface area contributed by atoms with E-state index in [1.54, 1.807) is 32.9 Å². The van der Waals surface area contributed by atoms with Crippen molar-refractivity contribution in [3.8, 4) is 11.1 Å². The Labute approximate surface area is 166 Å². The molecule has 8 heteroatoms. The van der Waals surface area contributed by atoms with Gasteiger partial charge in [-0.25, -0.2) is 9.59 Å². The van der Waals surface area contributed by atoms with E-state index in [0.29, 0.717) is 5.56 Å². The molecule has 0 aliphatic rings. The molecule has 0 bridgehead atoms. The summed E-state index contributed by atoms with van der Waals surface area (Å²) < 4.78 is 45.3. The molecule has 1 atom stereocenters. The van der Waals surface area contributed by atoms with Gasteiger partial charge in [-0.15, -0.1) is 0 Å². The molecule has 1 amide bonds. The van der Waals surface area contributed by atoms with E-state index in [0.717, 1.165) is 6.07 Å². The SMILES string of the molecule is CC(C)(C)OC(=O)NC(Cc1ccccc1-c1ccccc1C(F)(F)F)C(=O)O. The van der Waals surface area contributed by atoms with E-state index in [1.165, 1.54) is 30.3 Å². The monoisotopic (exact) mass is 409 g/mol. The number of alkyl carbamates (subject to hydrolysis) is 1. The lowest BCUT2D eigenvalue weighted by atomic mass is 9.92. The van der Waals surface area contributed by atoms with Crippen LogP contribution in [0.1, 0.15) is 31.9 Å². The number of hydrogen-bond donors (Lipinski definition) is 2. The highest BCUT2D eigenvalue weighted by Crippen LogP contribution is 2.38. The fourth-order valence-corrected chi connectivity index (χ4v) is 2.80. The van der Waals surface area contributed by atoms with E-state index in [4.69, 9.17) is 4.74 Å². The van der Waals surface area contributed by atoms with Gasteiger partial charge in [0, 0.05) is 6.42 Å². The number of aliphatic carboxylic acids is 1. The van der Waals surface area contributed by atoms with Crippen LogP contribution in [0.4, 0.5) is 18.0 Å². The molecule has 0 aromatic heterocycles. The van der Waals surface area contributed by atoms with Crippen LogP contribution in [-0.2, 0) is 22.1 Å². The van der Waals surface area contributed by atoms with Crippen LogP contribution >= 0.6 is 0 Å². The first-order valence-electron chi connectivity index (χ1n) is 8.85. The number of carboxylic acids is 1. The Morgan fingerprint density at radius 3 is 2.10 bits per heavy atom. The Hall–Kier alpha value is -3.03. The van der Waals surface area contributed by atoms with Crippen LogP contribution in [0.5, 0.6) is 0 Å². The molecule has 0 spiro atoms. The minimum Gasteiger partial charge on any atom is -0.480 e. The standard InChI is InChI=1S/C21H22F3NO4/c1-20(2,3)29-19(28)25-17(18(26)27)12-13-8-4-5-9-14(13)15-10-6-7-11-16(15)21(22,23)24/h4-11,17H,12H2,1-3H3,(H,25,28)(H,26,27). The van der Waals surface area contributed by atoms with Gasteiger partial charge < -0.3 is 15.2 Å². The fraction of sp³-hybridized carbons (Fsp3) is 0.333. The minimum absolute atomic E-state index is 0.0583. The number of nitrogens with one attached hydrogen (secondary N) is 1. The molecule has 5 nitrogen and oxygen atoms in total. The van der Waals surface area contributed by atoms with Crippen molar-refractivity contribution in [3.05, 3.63) is 59.7 Å². The number of benzene rings is 2. The predicted octanol–water partition coefficient (Wildman–Crippen LogP) is 4.89. The highest BCUT2D eigenvalue weighted by Gasteiger charge is 2.34. The summed E-state index contributed by atoms with van der Waals surface area (Å²) in [4.78, 5) is 23.6. The third kappa shape index (κ3) is 6.23. The zero-order chi connectivity index (χ0) is 21.8. The summed E-state index contributed by atoms with van der Waals surface area (Å²) in [6.45, 7) is 4.89. The van der Waals surface area contributed by atoms with Crippen molar-refractivity contribution < 1.29 is 32.6 Å². The Bertz CT molecular complexity index is 888. The van der Waals surface area contributed by atoms with Crippen molar-refractivity contribution in [1.29, 1.82) is 0 Å². The fourth-order valence-electron chi connectivity index (χ4n) is 2.80. The molecule has 2 rings (SSSR count). The summed E-state index contributed by atoms with van der Waals surface area (Å²) in [7, 11) is 0. The molecule has 29 heavy (non-hydrogen) atoms. The Morgan fingerprint density at radius 2 is 1.55 bits per heavy atom. The molecule has 0 aliphatic carbocycles. The van der Waals surface area contributed by atoms with Gasteiger partial charge in [0.15, 0.2) is 0 Å². The van der Waals surface area contributed by atoms with Crippen molar-refractivity contribution in [1.82, 2.24) is 5.32 Å². The molecule has 0 saturated carbocycles. The number of carbonyl (C=O) groups is 2. The number of alkyl halides is 3. The number of carbonyl (C=O) groups excluding carboxylic acids is 1. The topological polar surface area (TPSA) is 75.6 Å². The molecular formula is C21H22F3NO4. The van der Waals surface area contributed by atoms with Crippen LogP contribution in [0.2, 0.25) is 0 Å². The molecule has 156 valence electrons. The van der Waals surface area contributed by atoms with E-state index in [1.807, 2.05) is 0 Å². The van der Waals surface area contributed by atoms with E-state index < -0.39 is 35.4 Å². The maximum absolute atomic E-state index is 13.4. The van der Waals surface area contributed by atoms with Crippen molar-refractivity contribution in [3.63, 3.8) is 0 Å². The van der Waals surface area contributed by atoms with Crippen LogP contribution in [0, 0.1) is 0 Å². The molecule has 1 unspecified atom stereocenters. The van der Waals surface area contributed by atoms with Gasteiger partial charge in [-0.1, -0.05) is 42.5 Å². The van der Waals surface area contributed by atoms with E-state index in [2.05, 4.69) is 5.32 Å². The highest BCUT2D eigenvalue weighted by atomic mass is 19.4. The summed E-state index contributed by atoms with van der Waals surface area (Å²) in [5, 5.41) is 11.7. The molecule has 0 heterocycles. The second kappa shape index (κ2) is 8.55. The quantitative estimate of drug-likeness (QED) is 0.737. The molecule has 0 fully saturated rings. The Morgan fingerprint density at radius 1 is 1.00 bits per heavy atom. The van der Waals surface area contributed by atoms with E-state index >= 15 is 0 Å². The van der Waals surface area contributed by atoms with E-state index in [9.17, 15) is 27.9 Å². The van der Waals surface area contributed by atoms with Crippen molar-refractivity contribution >= 4 is 12.1 Å². The number of hydrogen-bond acceptors (Lipinski definition) is 3. The van der Waals surface area contributed by atoms with Crippen LogP contribution < -0.4 is 5.32 Å². The second-order valence-electron chi connectivity index (χ2n) is 7.44. The number of halogens is 3. The maximum atomic E-state index is 13.4. The highest BCUT2D eigenvalue weighted by molar-refractivity contribution is 5.81. The summed E-state index contributed by atoms with van der Waals surface area (Å²) in [6.07, 6.45) is -5.69. The number of amides is 1. The largest absolute Gasteiger partial charge is 0.480 e. The van der Waals surface area contributed by atoms with Gasteiger partial charge in [-0.3, -0.25) is 0 Å². The van der Waals surface area contributed by atoms with Gasteiger partial charge >= 0.3 is 18.2 Å². The number of rotatable bonds is 5. The van der Waals surface area contributed by atoms with Crippen LogP contribution in [-0.4, -0.2) is 28.8 Å². The van der Waals surface area contributed by atoms with Gasteiger partial charge in [0.05, 0.1) is 5.56 Å². The average Bonchev–Trinajstić information content (AvgIpc) is 2.59. The van der Waals surface area contributed by atoms with Gasteiger partial charge in [0.25, 0.3) is 0 Å². The zero-order valence-corrected chi connectivity index (χ0v) is 16.2. The van der Waals surface area contributed by atoms with Gasteiger partial charge in [0.1, 0.15) is 11.6 Å². The summed E-state index contributed by atoms with van der Waals surface area (Å²) in [5.41, 5.74) is -1.10. The Balaban J connectivity index is 2.38. The first-order valence-corrected chi connectivity index (χ1v) is 8.85. The normalized spacial score (nSPS) is 12.9. The van der Waals surface area contributed by atoms with Crippen molar-refractivity contribution in [2.24, 2.45) is 0 Å². The second-order valence-corrected chi connectivity index (χ2v) is 7.44. The van der Waals surface area contributed by atoms with Crippen LogP contribution in [0.15, 0.2) is 48.5 Å².